The number of rotatable bonds is 4. The first-order chi connectivity index (χ1) is 4.93. The topological polar surface area (TPSA) is 0 Å². The Kier molecular flexibility index (Phi) is 12.9. The Morgan fingerprint density at radius 3 is 2.67 bits per heavy atom. The van der Waals surface area contributed by atoms with Gasteiger partial charge < -0.3 is 24.8 Å². The average molecular weight is 284 g/mol. The number of hydrogen-bond donors (Lipinski definition) is 0. The van der Waals surface area contributed by atoms with Crippen molar-refractivity contribution < 1.29 is 48.0 Å². The van der Waals surface area contributed by atoms with Gasteiger partial charge in [-0.3, -0.25) is 0 Å². The first-order valence-corrected chi connectivity index (χ1v) is 6.99. The quantitative estimate of drug-likeness (QED) is 0.487. The molecule has 0 atom stereocenters. The summed E-state index contributed by atoms with van der Waals surface area (Å²) in [6.45, 7) is 2.28. The largest absolute Gasteiger partial charge is 1.00 e. The van der Waals surface area contributed by atoms with E-state index in [0.717, 1.165) is 0 Å². The van der Waals surface area contributed by atoms with Gasteiger partial charge in [-0.15, -0.1) is 0 Å². The molecule has 0 bridgehead atoms. The second-order valence-electron chi connectivity index (χ2n) is 2.60. The summed E-state index contributed by atoms with van der Waals surface area (Å²) >= 11 is -0.0811. The smallest absolute Gasteiger partial charge is 1.00 e. The van der Waals surface area contributed by atoms with Crippen molar-refractivity contribution in [3.8, 4) is 0 Å². The van der Waals surface area contributed by atoms with E-state index in [4.69, 9.17) is 0 Å². The molecule has 1 rings (SSSR count). The number of hydrogen-bond acceptors (Lipinski definition) is 0. The van der Waals surface area contributed by atoms with Crippen molar-refractivity contribution in [1.29, 1.82) is 0 Å². The van der Waals surface area contributed by atoms with Crippen LogP contribution in [-0.2, 0) is 23.2 Å². The first kappa shape index (κ1) is 15.4. The Morgan fingerprint density at radius 1 is 1.42 bits per heavy atom. The summed E-state index contributed by atoms with van der Waals surface area (Å²) in [5.41, 5.74) is 0. The molecule has 0 aromatic heterocycles. The van der Waals surface area contributed by atoms with Crippen molar-refractivity contribution in [2.45, 2.75) is 30.3 Å². The molecule has 0 saturated carbocycles. The SMILES string of the molecule is CCC[CH2][Zr+2][C]1=CC=CC1.[Cl-].[Cl-]. The van der Waals surface area contributed by atoms with Gasteiger partial charge in [0.25, 0.3) is 0 Å². The van der Waals surface area contributed by atoms with Gasteiger partial charge in [-0.05, 0) is 0 Å². The Bertz CT molecular complexity index is 153. The number of allylic oxidation sites excluding steroid dienone is 4. The third-order valence-electron chi connectivity index (χ3n) is 1.65. The average Bonchev–Trinajstić information content (AvgIpc) is 2.41. The van der Waals surface area contributed by atoms with Crippen LogP contribution in [0, 0.1) is 0 Å². The van der Waals surface area contributed by atoms with E-state index >= 15 is 0 Å². The van der Waals surface area contributed by atoms with Crippen molar-refractivity contribution in [2.24, 2.45) is 0 Å². The number of halogens is 2. The summed E-state index contributed by atoms with van der Waals surface area (Å²) in [5, 5.41) is 0. The van der Waals surface area contributed by atoms with Gasteiger partial charge in [0.15, 0.2) is 0 Å². The Balaban J connectivity index is 0. The fourth-order valence-electron chi connectivity index (χ4n) is 1.00. The molecule has 0 nitrogen and oxygen atoms in total. The zero-order valence-electron chi connectivity index (χ0n) is 7.32. The summed E-state index contributed by atoms with van der Waals surface area (Å²) in [7, 11) is 0. The van der Waals surface area contributed by atoms with E-state index in [9.17, 15) is 0 Å². The molecule has 0 aromatic carbocycles. The standard InChI is InChI=1S/C5H5.C4H9.2ClH.Zr/c1-2-4-5-3-1;1-3-4-2;;;/h1-3H,4H2;1,3-4H2,2H3;2*1H;/q;;;;+2/p-2. The van der Waals surface area contributed by atoms with E-state index in [1.807, 2.05) is 0 Å². The fourth-order valence-corrected chi connectivity index (χ4v) is 4.27. The van der Waals surface area contributed by atoms with Crippen LogP contribution < -0.4 is 24.8 Å². The first-order valence-electron chi connectivity index (χ1n) is 4.03. The monoisotopic (exact) mass is 282 g/mol. The normalized spacial score (nSPS) is 12.6. The van der Waals surface area contributed by atoms with Crippen LogP contribution in [0.25, 0.3) is 0 Å². The molecular formula is C9H14Cl2Zr. The molecule has 0 amide bonds. The van der Waals surface area contributed by atoms with Gasteiger partial charge in [0.2, 0.25) is 0 Å². The molecule has 0 fully saturated rings. The molecule has 0 radical (unpaired) electrons. The summed E-state index contributed by atoms with van der Waals surface area (Å²) in [6.07, 6.45) is 11.0. The van der Waals surface area contributed by atoms with Crippen molar-refractivity contribution >= 4 is 0 Å². The van der Waals surface area contributed by atoms with Crippen LogP contribution in [-0.4, -0.2) is 0 Å². The van der Waals surface area contributed by atoms with E-state index in [2.05, 4.69) is 25.2 Å². The van der Waals surface area contributed by atoms with Crippen LogP contribution in [0.15, 0.2) is 21.5 Å². The van der Waals surface area contributed by atoms with Gasteiger partial charge in [0, 0.05) is 0 Å². The van der Waals surface area contributed by atoms with Crippen LogP contribution in [0.4, 0.5) is 0 Å². The van der Waals surface area contributed by atoms with Gasteiger partial charge in [-0.2, -0.15) is 0 Å². The summed E-state index contributed by atoms with van der Waals surface area (Å²) < 4.78 is 3.34. The third kappa shape index (κ3) is 6.46. The Labute approximate surface area is 99.3 Å². The summed E-state index contributed by atoms with van der Waals surface area (Å²) in [4.78, 5) is 0. The molecule has 3 heteroatoms. The van der Waals surface area contributed by atoms with Crippen LogP contribution in [0.2, 0.25) is 4.13 Å². The molecule has 0 unspecified atom stereocenters. The molecule has 12 heavy (non-hydrogen) atoms. The van der Waals surface area contributed by atoms with Crippen LogP contribution in [0.3, 0.4) is 0 Å². The van der Waals surface area contributed by atoms with Crippen LogP contribution in [0.5, 0.6) is 0 Å². The summed E-state index contributed by atoms with van der Waals surface area (Å²) in [6, 6.07) is 0. The fraction of sp³-hybridized carbons (Fsp3) is 0.556. The Morgan fingerprint density at radius 2 is 2.17 bits per heavy atom. The van der Waals surface area contributed by atoms with Crippen molar-refractivity contribution in [3.63, 3.8) is 0 Å². The molecule has 68 valence electrons. The second kappa shape index (κ2) is 10.0. The molecule has 0 saturated heterocycles. The predicted octanol–water partition coefficient (Wildman–Crippen LogP) is -2.86. The minimum atomic E-state index is -0.0811. The molecule has 0 heterocycles. The van der Waals surface area contributed by atoms with Gasteiger partial charge >= 0.3 is 75.1 Å². The second-order valence-corrected chi connectivity index (χ2v) is 6.28. The minimum absolute atomic E-state index is 0. The van der Waals surface area contributed by atoms with E-state index in [0.29, 0.717) is 0 Å². The van der Waals surface area contributed by atoms with E-state index in [-0.39, 0.29) is 48.0 Å². The molecule has 0 aliphatic heterocycles. The zero-order chi connectivity index (χ0) is 7.23. The van der Waals surface area contributed by atoms with E-state index < -0.39 is 0 Å². The van der Waals surface area contributed by atoms with Crippen LogP contribution in [0.1, 0.15) is 26.2 Å². The van der Waals surface area contributed by atoms with Gasteiger partial charge in [-0.1, -0.05) is 0 Å². The molecular weight excluding hydrogens is 270 g/mol. The molecule has 1 aliphatic rings. The molecule has 0 N–H and O–H groups in total. The van der Waals surface area contributed by atoms with Gasteiger partial charge in [0.05, 0.1) is 0 Å². The zero-order valence-corrected chi connectivity index (χ0v) is 11.3. The molecule has 0 aromatic rings. The molecule has 0 spiro atoms. The third-order valence-corrected chi connectivity index (χ3v) is 5.16. The van der Waals surface area contributed by atoms with E-state index in [1.165, 1.54) is 19.3 Å². The maximum Gasteiger partial charge on any atom is -1.00 e. The maximum atomic E-state index is 2.34. The predicted molar refractivity (Wildman–Crippen MR) is 41.6 cm³/mol. The van der Waals surface area contributed by atoms with E-state index in [1.54, 1.807) is 7.41 Å². The maximum absolute atomic E-state index is 2.34. The van der Waals surface area contributed by atoms with Crippen molar-refractivity contribution in [1.82, 2.24) is 0 Å². The van der Waals surface area contributed by atoms with Crippen molar-refractivity contribution in [3.05, 3.63) is 21.5 Å². The van der Waals surface area contributed by atoms with Gasteiger partial charge in [0.1, 0.15) is 0 Å². The van der Waals surface area contributed by atoms with Crippen LogP contribution >= 0.6 is 0 Å². The van der Waals surface area contributed by atoms with Crippen molar-refractivity contribution in [2.75, 3.05) is 0 Å². The Hall–Kier alpha value is 0.943. The minimum Gasteiger partial charge on any atom is -1.00 e. The number of unbranched alkanes of at least 4 members (excludes halogenated alkanes) is 1. The summed E-state index contributed by atoms with van der Waals surface area (Å²) in [5.74, 6) is 0. The van der Waals surface area contributed by atoms with Gasteiger partial charge in [-0.25, -0.2) is 0 Å². The molecule has 1 aliphatic carbocycles.